The van der Waals surface area contributed by atoms with Crippen molar-refractivity contribution in [3.05, 3.63) is 48.0 Å². The quantitative estimate of drug-likeness (QED) is 0.458. The standard InChI is InChI=1S/C19H22BrNO4S2/c1-13(2)26-18-12-15(6-9-17(18)19(22)21-27(3,23)24)14-4-7-16(8-5-14)25-11-10-20/h4-9,12-13H,10-11H2,1-3H3,(H,21,22). The maximum atomic E-state index is 12.3. The van der Waals surface area contributed by atoms with E-state index in [-0.39, 0.29) is 5.25 Å². The molecule has 0 aliphatic rings. The molecule has 0 unspecified atom stereocenters. The normalized spacial score (nSPS) is 11.4. The zero-order valence-corrected chi connectivity index (χ0v) is 18.6. The van der Waals surface area contributed by atoms with Gasteiger partial charge in [0.15, 0.2) is 0 Å². The fraction of sp³-hybridized carbons (Fsp3) is 0.316. The molecule has 0 spiro atoms. The number of rotatable bonds is 8. The monoisotopic (exact) mass is 471 g/mol. The predicted molar refractivity (Wildman–Crippen MR) is 114 cm³/mol. The van der Waals surface area contributed by atoms with E-state index in [1.54, 1.807) is 6.07 Å². The third-order valence-corrected chi connectivity index (χ3v) is 5.34. The summed E-state index contributed by atoms with van der Waals surface area (Å²) < 4.78 is 30.4. The summed E-state index contributed by atoms with van der Waals surface area (Å²) in [7, 11) is -3.62. The van der Waals surface area contributed by atoms with Crippen LogP contribution in [0.5, 0.6) is 5.75 Å². The summed E-state index contributed by atoms with van der Waals surface area (Å²) in [6, 6.07) is 13.1. The Bertz CT molecular complexity index is 896. The molecule has 0 heterocycles. The van der Waals surface area contributed by atoms with E-state index in [1.165, 1.54) is 11.8 Å². The van der Waals surface area contributed by atoms with Crippen LogP contribution in [-0.2, 0) is 10.0 Å². The van der Waals surface area contributed by atoms with Crippen LogP contribution in [0.25, 0.3) is 11.1 Å². The number of amides is 1. The summed E-state index contributed by atoms with van der Waals surface area (Å²) >= 11 is 4.84. The Morgan fingerprint density at radius 3 is 2.33 bits per heavy atom. The molecule has 2 aromatic rings. The largest absolute Gasteiger partial charge is 0.493 e. The van der Waals surface area contributed by atoms with Gasteiger partial charge in [0.1, 0.15) is 5.75 Å². The zero-order valence-electron chi connectivity index (χ0n) is 15.4. The van der Waals surface area contributed by atoms with Crippen molar-refractivity contribution in [3.8, 4) is 16.9 Å². The van der Waals surface area contributed by atoms with Gasteiger partial charge >= 0.3 is 0 Å². The number of benzene rings is 2. The molecule has 0 atom stereocenters. The molecule has 8 heteroatoms. The highest BCUT2D eigenvalue weighted by molar-refractivity contribution is 9.09. The van der Waals surface area contributed by atoms with Crippen molar-refractivity contribution in [2.45, 2.75) is 24.0 Å². The topological polar surface area (TPSA) is 72.5 Å². The van der Waals surface area contributed by atoms with E-state index < -0.39 is 15.9 Å². The number of halogens is 1. The molecule has 0 aliphatic carbocycles. The summed E-state index contributed by atoms with van der Waals surface area (Å²) in [4.78, 5) is 13.1. The molecule has 2 rings (SSSR count). The van der Waals surface area contributed by atoms with Gasteiger partial charge in [0.2, 0.25) is 10.0 Å². The molecule has 0 aromatic heterocycles. The van der Waals surface area contributed by atoms with Gasteiger partial charge in [0.25, 0.3) is 5.91 Å². The van der Waals surface area contributed by atoms with Gasteiger partial charge in [-0.3, -0.25) is 4.79 Å². The lowest BCUT2D eigenvalue weighted by Crippen LogP contribution is -2.29. The van der Waals surface area contributed by atoms with Crippen LogP contribution in [0, 0.1) is 0 Å². The van der Waals surface area contributed by atoms with E-state index in [0.29, 0.717) is 12.2 Å². The minimum Gasteiger partial charge on any atom is -0.493 e. The minimum absolute atomic E-state index is 0.241. The van der Waals surface area contributed by atoms with Crippen molar-refractivity contribution < 1.29 is 17.9 Å². The highest BCUT2D eigenvalue weighted by Crippen LogP contribution is 2.32. The Labute approximate surface area is 173 Å². The number of hydrogen-bond acceptors (Lipinski definition) is 5. The van der Waals surface area contributed by atoms with Crippen LogP contribution in [0.15, 0.2) is 47.4 Å². The Morgan fingerprint density at radius 1 is 1.15 bits per heavy atom. The van der Waals surface area contributed by atoms with Gasteiger partial charge in [-0.05, 0) is 35.4 Å². The molecule has 2 aromatic carbocycles. The Kier molecular flexibility index (Phi) is 7.76. The molecular formula is C19H22BrNO4S2. The lowest BCUT2D eigenvalue weighted by molar-refractivity contribution is 0.0979. The molecule has 146 valence electrons. The molecular weight excluding hydrogens is 450 g/mol. The van der Waals surface area contributed by atoms with Crippen LogP contribution in [0.1, 0.15) is 24.2 Å². The fourth-order valence-electron chi connectivity index (χ4n) is 2.36. The first-order valence-corrected chi connectivity index (χ1v) is 12.2. The van der Waals surface area contributed by atoms with Crippen LogP contribution in [-0.4, -0.2) is 37.8 Å². The number of sulfonamides is 1. The third-order valence-electron chi connectivity index (χ3n) is 3.40. The molecule has 0 bridgehead atoms. The van der Waals surface area contributed by atoms with E-state index in [2.05, 4.69) is 15.9 Å². The summed E-state index contributed by atoms with van der Waals surface area (Å²) in [6.07, 6.45) is 0.966. The van der Waals surface area contributed by atoms with Crippen molar-refractivity contribution in [3.63, 3.8) is 0 Å². The van der Waals surface area contributed by atoms with Gasteiger partial charge in [0.05, 0.1) is 18.4 Å². The van der Waals surface area contributed by atoms with Crippen LogP contribution in [0.2, 0.25) is 0 Å². The van der Waals surface area contributed by atoms with Gasteiger partial charge in [-0.25, -0.2) is 13.1 Å². The molecule has 0 radical (unpaired) electrons. The molecule has 27 heavy (non-hydrogen) atoms. The summed E-state index contributed by atoms with van der Waals surface area (Å²) in [5.41, 5.74) is 2.28. The predicted octanol–water partition coefficient (Wildman–Crippen LogP) is 4.32. The van der Waals surface area contributed by atoms with Crippen molar-refractivity contribution in [1.82, 2.24) is 4.72 Å². The van der Waals surface area contributed by atoms with Crippen molar-refractivity contribution in [2.24, 2.45) is 0 Å². The van der Waals surface area contributed by atoms with E-state index >= 15 is 0 Å². The number of thioether (sulfide) groups is 1. The summed E-state index contributed by atoms with van der Waals surface area (Å²) in [6.45, 7) is 4.63. The number of alkyl halides is 1. The Morgan fingerprint density at radius 2 is 1.78 bits per heavy atom. The molecule has 5 nitrogen and oxygen atoms in total. The SMILES string of the molecule is CC(C)Sc1cc(-c2ccc(OCCBr)cc2)ccc1C(=O)NS(C)(=O)=O. The van der Waals surface area contributed by atoms with Crippen LogP contribution >= 0.6 is 27.7 Å². The minimum atomic E-state index is -3.62. The second kappa shape index (κ2) is 9.61. The number of ether oxygens (including phenoxy) is 1. The van der Waals surface area contributed by atoms with Gasteiger partial charge in [0, 0.05) is 15.5 Å². The highest BCUT2D eigenvalue weighted by Gasteiger charge is 2.17. The number of hydrogen-bond donors (Lipinski definition) is 1. The molecule has 1 amide bonds. The lowest BCUT2D eigenvalue weighted by Gasteiger charge is -2.13. The van der Waals surface area contributed by atoms with Crippen molar-refractivity contribution in [1.29, 1.82) is 0 Å². The Hall–Kier alpha value is -1.51. The molecule has 1 N–H and O–H groups in total. The van der Waals surface area contributed by atoms with Crippen LogP contribution in [0.3, 0.4) is 0 Å². The molecule has 0 fully saturated rings. The zero-order chi connectivity index (χ0) is 20.0. The second-order valence-corrected chi connectivity index (χ2v) is 10.3. The van der Waals surface area contributed by atoms with E-state index in [1.807, 2.05) is 55.0 Å². The average molecular weight is 472 g/mol. The first-order valence-electron chi connectivity index (χ1n) is 8.31. The smallest absolute Gasteiger partial charge is 0.265 e. The fourth-order valence-corrected chi connectivity index (χ4v) is 3.96. The molecule has 0 saturated carbocycles. The van der Waals surface area contributed by atoms with E-state index in [9.17, 15) is 13.2 Å². The van der Waals surface area contributed by atoms with Crippen molar-refractivity contribution in [2.75, 3.05) is 18.2 Å². The van der Waals surface area contributed by atoms with Gasteiger partial charge in [-0.2, -0.15) is 0 Å². The third kappa shape index (κ3) is 6.86. The van der Waals surface area contributed by atoms with E-state index in [4.69, 9.17) is 4.74 Å². The van der Waals surface area contributed by atoms with Gasteiger partial charge < -0.3 is 4.74 Å². The number of carbonyl (C=O) groups excluding carboxylic acids is 1. The number of carbonyl (C=O) groups is 1. The van der Waals surface area contributed by atoms with E-state index in [0.717, 1.165) is 33.4 Å². The Balaban J connectivity index is 2.35. The van der Waals surface area contributed by atoms with Crippen LogP contribution < -0.4 is 9.46 Å². The highest BCUT2D eigenvalue weighted by atomic mass is 79.9. The summed E-state index contributed by atoms with van der Waals surface area (Å²) in [5.74, 6) is 0.171. The molecule has 0 aliphatic heterocycles. The first-order chi connectivity index (χ1) is 12.7. The lowest BCUT2D eigenvalue weighted by atomic mass is 10.0. The van der Waals surface area contributed by atoms with Gasteiger partial charge in [-0.1, -0.05) is 48.0 Å². The van der Waals surface area contributed by atoms with Crippen LogP contribution in [0.4, 0.5) is 0 Å². The maximum Gasteiger partial charge on any atom is 0.265 e. The van der Waals surface area contributed by atoms with Crippen molar-refractivity contribution >= 4 is 43.6 Å². The first kappa shape index (κ1) is 21.8. The second-order valence-electron chi connectivity index (χ2n) is 6.14. The summed E-state index contributed by atoms with van der Waals surface area (Å²) in [5, 5.41) is 1.01. The number of nitrogens with one attached hydrogen (secondary N) is 1. The molecule has 0 saturated heterocycles. The van der Waals surface area contributed by atoms with Gasteiger partial charge in [-0.15, -0.1) is 11.8 Å². The average Bonchev–Trinajstić information content (AvgIpc) is 2.58. The maximum absolute atomic E-state index is 12.3.